The van der Waals surface area contributed by atoms with Crippen molar-refractivity contribution in [2.24, 2.45) is 0 Å². The number of phenols is 1. The molecule has 0 fully saturated rings. The number of benzene rings is 1. The Hall–Kier alpha value is -1.98. The Bertz CT molecular complexity index is 524. The molecule has 0 aliphatic heterocycles. The van der Waals surface area contributed by atoms with E-state index < -0.39 is 5.82 Å². The van der Waals surface area contributed by atoms with E-state index in [9.17, 15) is 9.50 Å². The van der Waals surface area contributed by atoms with E-state index >= 15 is 0 Å². The predicted octanol–water partition coefficient (Wildman–Crippen LogP) is 1.38. The highest BCUT2D eigenvalue weighted by molar-refractivity contribution is 5.48. The van der Waals surface area contributed by atoms with E-state index in [1.54, 1.807) is 13.0 Å². The van der Waals surface area contributed by atoms with E-state index in [-0.39, 0.29) is 5.75 Å². The maximum Gasteiger partial charge on any atom is 0.153 e. The maximum atomic E-state index is 13.4. The molecule has 0 saturated carbocycles. The van der Waals surface area contributed by atoms with E-state index in [1.807, 2.05) is 6.92 Å². The van der Waals surface area contributed by atoms with Gasteiger partial charge >= 0.3 is 0 Å². The van der Waals surface area contributed by atoms with Gasteiger partial charge in [-0.1, -0.05) is 6.92 Å². The Labute approximate surface area is 91.5 Å². The van der Waals surface area contributed by atoms with E-state index in [0.29, 0.717) is 23.5 Å². The average Bonchev–Trinajstić information content (AvgIpc) is 2.65. The number of nitrogens with zero attached hydrogens (tertiary/aromatic N) is 4. The minimum Gasteiger partial charge on any atom is -0.506 e. The normalized spacial score (nSPS) is 10.7. The van der Waals surface area contributed by atoms with E-state index in [0.717, 1.165) is 6.07 Å². The lowest BCUT2D eigenvalue weighted by Gasteiger charge is -2.07. The number of aromatic nitrogens is 4. The van der Waals surface area contributed by atoms with Gasteiger partial charge in [0, 0.05) is 6.07 Å². The molecule has 1 aromatic heterocycles. The Balaban J connectivity index is 2.61. The van der Waals surface area contributed by atoms with Gasteiger partial charge < -0.3 is 5.11 Å². The van der Waals surface area contributed by atoms with Crippen molar-refractivity contribution in [3.05, 3.63) is 29.3 Å². The zero-order chi connectivity index (χ0) is 11.7. The quantitative estimate of drug-likeness (QED) is 0.833. The maximum absolute atomic E-state index is 13.4. The summed E-state index contributed by atoms with van der Waals surface area (Å²) in [6.45, 7) is 3.54. The summed E-state index contributed by atoms with van der Waals surface area (Å²) in [5.74, 6) is -0.0662. The molecule has 84 valence electrons. The van der Waals surface area contributed by atoms with Crippen LogP contribution in [0.1, 0.15) is 18.3 Å². The molecular formula is C10H11FN4O. The zero-order valence-corrected chi connectivity index (χ0v) is 8.98. The van der Waals surface area contributed by atoms with Gasteiger partial charge in [0.15, 0.2) is 5.82 Å². The summed E-state index contributed by atoms with van der Waals surface area (Å²) in [7, 11) is 0. The van der Waals surface area contributed by atoms with Crippen molar-refractivity contribution in [3.63, 3.8) is 0 Å². The molecule has 0 spiro atoms. The fourth-order valence-corrected chi connectivity index (χ4v) is 1.49. The van der Waals surface area contributed by atoms with Gasteiger partial charge in [0.05, 0.1) is 0 Å². The second-order valence-electron chi connectivity index (χ2n) is 3.42. The molecule has 2 aromatic rings. The van der Waals surface area contributed by atoms with Crippen molar-refractivity contribution in [2.75, 3.05) is 0 Å². The molecule has 0 atom stereocenters. The summed E-state index contributed by atoms with van der Waals surface area (Å²) in [6.07, 6.45) is 0.542. The van der Waals surface area contributed by atoms with Gasteiger partial charge in [-0.2, -0.15) is 4.68 Å². The van der Waals surface area contributed by atoms with Gasteiger partial charge in [-0.25, -0.2) is 4.39 Å². The number of aryl methyl sites for hydroxylation is 2. The lowest BCUT2D eigenvalue weighted by molar-refractivity contribution is 0.462. The van der Waals surface area contributed by atoms with Crippen LogP contribution in [0, 0.1) is 12.7 Å². The van der Waals surface area contributed by atoms with E-state index in [2.05, 4.69) is 15.5 Å². The highest BCUT2D eigenvalue weighted by Gasteiger charge is 2.12. The third-order valence-electron chi connectivity index (χ3n) is 2.38. The molecule has 2 rings (SSSR count). The van der Waals surface area contributed by atoms with Crippen molar-refractivity contribution in [1.82, 2.24) is 20.2 Å². The summed E-state index contributed by atoms with van der Waals surface area (Å²) in [5, 5.41) is 20.6. The van der Waals surface area contributed by atoms with Crippen LogP contribution in [0.4, 0.5) is 4.39 Å². The third kappa shape index (κ3) is 1.62. The number of rotatable bonds is 2. The molecule has 1 aromatic carbocycles. The molecule has 0 aliphatic carbocycles. The molecule has 0 amide bonds. The van der Waals surface area contributed by atoms with Crippen LogP contribution in [-0.2, 0) is 6.42 Å². The van der Waals surface area contributed by atoms with E-state index in [1.165, 1.54) is 4.68 Å². The number of phenolic OH excluding ortho intramolecular Hbond substituents is 1. The summed E-state index contributed by atoms with van der Waals surface area (Å²) >= 11 is 0. The van der Waals surface area contributed by atoms with Crippen molar-refractivity contribution in [3.8, 4) is 11.4 Å². The smallest absolute Gasteiger partial charge is 0.153 e. The minimum absolute atomic E-state index is 0.176. The van der Waals surface area contributed by atoms with Gasteiger partial charge in [0.25, 0.3) is 0 Å². The molecule has 0 unspecified atom stereocenters. The van der Waals surface area contributed by atoms with Crippen molar-refractivity contribution < 1.29 is 9.50 Å². The lowest BCUT2D eigenvalue weighted by atomic mass is 10.1. The van der Waals surface area contributed by atoms with Crippen LogP contribution in [0.5, 0.6) is 5.75 Å². The number of tetrazole rings is 1. The van der Waals surface area contributed by atoms with Crippen LogP contribution in [0.25, 0.3) is 5.69 Å². The van der Waals surface area contributed by atoms with Crippen LogP contribution in [0.3, 0.4) is 0 Å². The first-order valence-corrected chi connectivity index (χ1v) is 4.90. The number of aromatic hydroxyl groups is 1. The van der Waals surface area contributed by atoms with E-state index in [4.69, 9.17) is 0 Å². The van der Waals surface area contributed by atoms with Crippen LogP contribution in [0.15, 0.2) is 12.1 Å². The Morgan fingerprint density at radius 2 is 2.19 bits per heavy atom. The molecular weight excluding hydrogens is 211 g/mol. The molecule has 0 radical (unpaired) electrons. The lowest BCUT2D eigenvalue weighted by Crippen LogP contribution is -2.02. The largest absolute Gasteiger partial charge is 0.506 e. The van der Waals surface area contributed by atoms with Crippen LogP contribution < -0.4 is 0 Å². The van der Waals surface area contributed by atoms with Crippen molar-refractivity contribution in [2.45, 2.75) is 20.3 Å². The predicted molar refractivity (Wildman–Crippen MR) is 54.9 cm³/mol. The highest BCUT2D eigenvalue weighted by Crippen LogP contribution is 2.25. The summed E-state index contributed by atoms with van der Waals surface area (Å²) in [4.78, 5) is 0. The molecule has 6 heteroatoms. The molecule has 5 nitrogen and oxygen atoms in total. The Morgan fingerprint density at radius 3 is 2.75 bits per heavy atom. The van der Waals surface area contributed by atoms with Crippen molar-refractivity contribution in [1.29, 1.82) is 0 Å². The summed E-state index contributed by atoms with van der Waals surface area (Å²) in [6, 6.07) is 2.63. The van der Waals surface area contributed by atoms with Crippen LogP contribution in [0.2, 0.25) is 0 Å². The SMILES string of the molecule is CCc1cc(-n2nnnc2C)c(O)cc1F. The molecule has 1 N–H and O–H groups in total. The van der Waals surface area contributed by atoms with Gasteiger partial charge in [-0.3, -0.25) is 0 Å². The van der Waals surface area contributed by atoms with Gasteiger partial charge in [0.1, 0.15) is 17.3 Å². The Kier molecular flexibility index (Phi) is 2.55. The topological polar surface area (TPSA) is 63.8 Å². The molecule has 0 bridgehead atoms. The van der Waals surface area contributed by atoms with Crippen molar-refractivity contribution >= 4 is 0 Å². The third-order valence-corrected chi connectivity index (χ3v) is 2.38. The highest BCUT2D eigenvalue weighted by atomic mass is 19.1. The van der Waals surface area contributed by atoms with Crippen LogP contribution >= 0.6 is 0 Å². The molecule has 0 aliphatic rings. The summed E-state index contributed by atoms with van der Waals surface area (Å²) < 4.78 is 14.7. The fraction of sp³-hybridized carbons (Fsp3) is 0.300. The van der Waals surface area contributed by atoms with Gasteiger partial charge in [-0.05, 0) is 35.4 Å². The first-order chi connectivity index (χ1) is 7.63. The van der Waals surface area contributed by atoms with Gasteiger partial charge in [-0.15, -0.1) is 5.10 Å². The number of halogens is 1. The molecule has 1 heterocycles. The monoisotopic (exact) mass is 222 g/mol. The Morgan fingerprint density at radius 1 is 1.44 bits per heavy atom. The number of hydrogen-bond donors (Lipinski definition) is 1. The number of hydrogen-bond acceptors (Lipinski definition) is 4. The average molecular weight is 222 g/mol. The summed E-state index contributed by atoms with van der Waals surface area (Å²) in [5.41, 5.74) is 0.906. The first kappa shape index (κ1) is 10.5. The van der Waals surface area contributed by atoms with Gasteiger partial charge in [0.2, 0.25) is 0 Å². The minimum atomic E-state index is -0.422. The molecule has 16 heavy (non-hydrogen) atoms. The fourth-order valence-electron chi connectivity index (χ4n) is 1.49. The second-order valence-corrected chi connectivity index (χ2v) is 3.42. The first-order valence-electron chi connectivity index (χ1n) is 4.90. The zero-order valence-electron chi connectivity index (χ0n) is 8.98. The second kappa shape index (κ2) is 3.88. The standard InChI is InChI=1S/C10H11FN4O/c1-3-7-4-9(10(16)5-8(7)11)15-6(2)12-13-14-15/h4-5,16H,3H2,1-2H3. The van der Waals surface area contributed by atoms with Crippen LogP contribution in [-0.4, -0.2) is 25.3 Å². The molecule has 0 saturated heterocycles.